The topological polar surface area (TPSA) is 28.2 Å². The van der Waals surface area contributed by atoms with E-state index < -0.39 is 0 Å². The number of hydrogen-bond acceptors (Lipinski definition) is 4. The molecule has 1 aromatic heterocycles. The summed E-state index contributed by atoms with van der Waals surface area (Å²) in [6, 6.07) is 0. The summed E-state index contributed by atoms with van der Waals surface area (Å²) >= 11 is 1.87. The summed E-state index contributed by atoms with van der Waals surface area (Å²) in [6.45, 7) is 10.4. The van der Waals surface area contributed by atoms with Crippen molar-refractivity contribution >= 4 is 11.3 Å². The van der Waals surface area contributed by atoms with Crippen LogP contribution >= 0.6 is 11.3 Å². The Balaban J connectivity index is 1.64. The summed E-state index contributed by atoms with van der Waals surface area (Å²) < 4.78 is 0. The molecule has 2 saturated heterocycles. The Morgan fingerprint density at radius 1 is 1.28 bits per heavy atom. The molecule has 0 unspecified atom stereocenters. The van der Waals surface area contributed by atoms with Crippen LogP contribution in [0.15, 0.2) is 0 Å². The number of aromatic nitrogens is 1. The molecule has 100 valence electrons. The van der Waals surface area contributed by atoms with Gasteiger partial charge in [0.05, 0.1) is 10.7 Å². The fourth-order valence-corrected chi connectivity index (χ4v) is 4.43. The molecule has 0 aliphatic carbocycles. The average molecular weight is 265 g/mol. The van der Waals surface area contributed by atoms with E-state index in [9.17, 15) is 0 Å². The van der Waals surface area contributed by atoms with Crippen molar-refractivity contribution in [3.05, 3.63) is 15.6 Å². The second kappa shape index (κ2) is 4.91. The van der Waals surface area contributed by atoms with Crippen molar-refractivity contribution in [2.75, 3.05) is 26.2 Å². The minimum atomic E-state index is 0.624. The van der Waals surface area contributed by atoms with E-state index in [-0.39, 0.29) is 0 Å². The van der Waals surface area contributed by atoms with Crippen LogP contribution in [0.3, 0.4) is 0 Å². The van der Waals surface area contributed by atoms with Gasteiger partial charge in [-0.2, -0.15) is 0 Å². The molecule has 1 N–H and O–H groups in total. The Morgan fingerprint density at radius 2 is 2.06 bits per heavy atom. The molecule has 0 radical (unpaired) electrons. The molecule has 0 aromatic carbocycles. The SMILES string of the molecule is Cc1nc(C)c(CN2CCC3(CCNCC3)C2)s1. The summed E-state index contributed by atoms with van der Waals surface area (Å²) in [5, 5.41) is 4.69. The van der Waals surface area contributed by atoms with Crippen LogP contribution in [0.25, 0.3) is 0 Å². The molecule has 18 heavy (non-hydrogen) atoms. The molecule has 0 saturated carbocycles. The third kappa shape index (κ3) is 2.46. The van der Waals surface area contributed by atoms with Gasteiger partial charge in [0, 0.05) is 18.0 Å². The molecule has 2 aliphatic rings. The third-order valence-electron chi connectivity index (χ3n) is 4.55. The van der Waals surface area contributed by atoms with Crippen LogP contribution < -0.4 is 5.32 Å². The van der Waals surface area contributed by atoms with Crippen LogP contribution in [-0.4, -0.2) is 36.1 Å². The lowest BCUT2D eigenvalue weighted by Gasteiger charge is -2.33. The average Bonchev–Trinajstić information content (AvgIpc) is 2.86. The number of nitrogens with one attached hydrogen (secondary N) is 1. The van der Waals surface area contributed by atoms with E-state index in [1.54, 1.807) is 0 Å². The van der Waals surface area contributed by atoms with E-state index in [2.05, 4.69) is 29.0 Å². The second-order valence-electron chi connectivity index (χ2n) is 5.95. The van der Waals surface area contributed by atoms with Gasteiger partial charge in [-0.3, -0.25) is 4.90 Å². The molecule has 2 fully saturated rings. The standard InChI is InChI=1S/C14H23N3S/c1-11-13(18-12(2)16-11)9-17-8-5-14(10-17)3-6-15-7-4-14/h15H,3-10H2,1-2H3. The number of aryl methyl sites for hydroxylation is 2. The van der Waals surface area contributed by atoms with E-state index in [0.717, 1.165) is 6.54 Å². The first-order chi connectivity index (χ1) is 8.67. The molecular weight excluding hydrogens is 242 g/mol. The number of thiazole rings is 1. The van der Waals surface area contributed by atoms with Crippen LogP contribution in [0, 0.1) is 19.3 Å². The number of nitrogens with zero attached hydrogens (tertiary/aromatic N) is 2. The predicted molar refractivity (Wildman–Crippen MR) is 76.0 cm³/mol. The highest BCUT2D eigenvalue weighted by Gasteiger charge is 2.38. The number of likely N-dealkylation sites (tertiary alicyclic amines) is 1. The van der Waals surface area contributed by atoms with Crippen LogP contribution in [-0.2, 0) is 6.54 Å². The monoisotopic (exact) mass is 265 g/mol. The van der Waals surface area contributed by atoms with Crippen LogP contribution in [0.1, 0.15) is 34.8 Å². The van der Waals surface area contributed by atoms with Gasteiger partial charge in [0.25, 0.3) is 0 Å². The van der Waals surface area contributed by atoms with Crippen molar-refractivity contribution < 1.29 is 0 Å². The quantitative estimate of drug-likeness (QED) is 0.889. The van der Waals surface area contributed by atoms with Gasteiger partial charge in [0.2, 0.25) is 0 Å². The smallest absolute Gasteiger partial charge is 0.0900 e. The van der Waals surface area contributed by atoms with Gasteiger partial charge in [-0.25, -0.2) is 4.98 Å². The molecule has 4 heteroatoms. The molecule has 0 amide bonds. The number of piperidine rings is 1. The predicted octanol–water partition coefficient (Wildman–Crippen LogP) is 2.34. The first-order valence-corrected chi connectivity index (χ1v) is 7.85. The first-order valence-electron chi connectivity index (χ1n) is 7.03. The van der Waals surface area contributed by atoms with Gasteiger partial charge in [-0.1, -0.05) is 0 Å². The van der Waals surface area contributed by atoms with Gasteiger partial charge >= 0.3 is 0 Å². The summed E-state index contributed by atoms with van der Waals surface area (Å²) in [5.74, 6) is 0. The van der Waals surface area contributed by atoms with Crippen LogP contribution in [0.4, 0.5) is 0 Å². The summed E-state index contributed by atoms with van der Waals surface area (Å²) in [6.07, 6.45) is 4.12. The Bertz CT molecular complexity index is 421. The summed E-state index contributed by atoms with van der Waals surface area (Å²) in [5.41, 5.74) is 1.86. The van der Waals surface area contributed by atoms with Crippen LogP contribution in [0.2, 0.25) is 0 Å². The van der Waals surface area contributed by atoms with Crippen molar-refractivity contribution in [3.63, 3.8) is 0 Å². The highest BCUT2D eigenvalue weighted by Crippen LogP contribution is 2.39. The van der Waals surface area contributed by atoms with Crippen molar-refractivity contribution in [2.45, 2.75) is 39.7 Å². The maximum absolute atomic E-state index is 4.54. The molecule has 1 aromatic rings. The molecule has 2 aliphatic heterocycles. The van der Waals surface area contributed by atoms with E-state index in [4.69, 9.17) is 0 Å². The zero-order valence-electron chi connectivity index (χ0n) is 11.5. The zero-order chi connectivity index (χ0) is 12.6. The lowest BCUT2D eigenvalue weighted by Crippen LogP contribution is -2.38. The maximum Gasteiger partial charge on any atom is 0.0900 e. The highest BCUT2D eigenvalue weighted by molar-refractivity contribution is 7.11. The number of hydrogen-bond donors (Lipinski definition) is 1. The van der Waals surface area contributed by atoms with Gasteiger partial charge in [-0.05, 0) is 58.2 Å². The highest BCUT2D eigenvalue weighted by atomic mass is 32.1. The van der Waals surface area contributed by atoms with Gasteiger partial charge in [0.15, 0.2) is 0 Å². The lowest BCUT2D eigenvalue weighted by molar-refractivity contribution is 0.194. The van der Waals surface area contributed by atoms with Crippen molar-refractivity contribution in [1.29, 1.82) is 0 Å². The van der Waals surface area contributed by atoms with Crippen molar-refractivity contribution in [1.82, 2.24) is 15.2 Å². The van der Waals surface area contributed by atoms with Gasteiger partial charge in [0.1, 0.15) is 0 Å². The van der Waals surface area contributed by atoms with Gasteiger partial charge in [-0.15, -0.1) is 11.3 Å². The fraction of sp³-hybridized carbons (Fsp3) is 0.786. The molecule has 0 atom stereocenters. The minimum absolute atomic E-state index is 0.624. The molecule has 3 rings (SSSR count). The molecule has 3 heterocycles. The Labute approximate surface area is 114 Å². The van der Waals surface area contributed by atoms with E-state index in [0.29, 0.717) is 5.41 Å². The Kier molecular flexibility index (Phi) is 3.43. The van der Waals surface area contributed by atoms with Crippen molar-refractivity contribution in [2.24, 2.45) is 5.41 Å². The number of rotatable bonds is 2. The zero-order valence-corrected chi connectivity index (χ0v) is 12.3. The summed E-state index contributed by atoms with van der Waals surface area (Å²) in [7, 11) is 0. The normalized spacial score (nSPS) is 23.9. The Hall–Kier alpha value is -0.450. The van der Waals surface area contributed by atoms with Crippen LogP contribution in [0.5, 0.6) is 0 Å². The van der Waals surface area contributed by atoms with E-state index >= 15 is 0 Å². The second-order valence-corrected chi connectivity index (χ2v) is 7.24. The minimum Gasteiger partial charge on any atom is -0.317 e. The molecular formula is C14H23N3S. The largest absolute Gasteiger partial charge is 0.317 e. The Morgan fingerprint density at radius 3 is 2.72 bits per heavy atom. The van der Waals surface area contributed by atoms with Gasteiger partial charge < -0.3 is 5.32 Å². The first kappa shape index (κ1) is 12.6. The third-order valence-corrected chi connectivity index (χ3v) is 5.61. The maximum atomic E-state index is 4.54. The molecule has 3 nitrogen and oxygen atoms in total. The molecule has 1 spiro atoms. The molecule has 0 bridgehead atoms. The summed E-state index contributed by atoms with van der Waals surface area (Å²) in [4.78, 5) is 8.65. The lowest BCUT2D eigenvalue weighted by atomic mass is 9.78. The van der Waals surface area contributed by atoms with Crippen molar-refractivity contribution in [3.8, 4) is 0 Å². The van der Waals surface area contributed by atoms with E-state index in [1.807, 2.05) is 11.3 Å². The fourth-order valence-electron chi connectivity index (χ4n) is 3.45. The van der Waals surface area contributed by atoms with E-state index in [1.165, 1.54) is 61.0 Å².